The molecule has 0 bridgehead atoms. The topological polar surface area (TPSA) is 0 Å². The van der Waals surface area contributed by atoms with Crippen molar-refractivity contribution in [3.8, 4) is 0 Å². The average Bonchev–Trinajstić information content (AvgIpc) is 2.39. The predicted octanol–water partition coefficient (Wildman–Crippen LogP) is 5.03. The second-order valence-electron chi connectivity index (χ2n) is 5.40. The van der Waals surface area contributed by atoms with Crippen molar-refractivity contribution < 1.29 is 0 Å². The highest BCUT2D eigenvalue weighted by Crippen LogP contribution is 2.35. The summed E-state index contributed by atoms with van der Waals surface area (Å²) in [6.45, 7) is 7.28. The Hall–Kier alpha value is 0. The van der Waals surface area contributed by atoms with Crippen molar-refractivity contribution in [3.05, 3.63) is 0 Å². The van der Waals surface area contributed by atoms with E-state index in [0.29, 0.717) is 0 Å². The van der Waals surface area contributed by atoms with Gasteiger partial charge in [-0.2, -0.15) is 0 Å². The molecule has 1 rings (SSSR count). The molecule has 0 aromatic rings. The summed E-state index contributed by atoms with van der Waals surface area (Å²) >= 11 is 0. The van der Waals surface area contributed by atoms with Gasteiger partial charge in [0.15, 0.2) is 0 Å². The van der Waals surface area contributed by atoms with Crippen molar-refractivity contribution >= 4 is 0 Å². The van der Waals surface area contributed by atoms with Crippen molar-refractivity contribution in [3.63, 3.8) is 0 Å². The van der Waals surface area contributed by atoms with Gasteiger partial charge in [0.25, 0.3) is 0 Å². The lowest BCUT2D eigenvalue weighted by atomic mass is 9.78. The van der Waals surface area contributed by atoms with Crippen LogP contribution < -0.4 is 0 Å². The third-order valence-corrected chi connectivity index (χ3v) is 4.17. The third-order valence-electron chi connectivity index (χ3n) is 4.17. The largest absolute Gasteiger partial charge is 0.0654 e. The first kappa shape index (κ1) is 12.1. The van der Waals surface area contributed by atoms with Crippen LogP contribution >= 0.6 is 0 Å². The van der Waals surface area contributed by atoms with E-state index in [9.17, 15) is 0 Å². The molecule has 0 heteroatoms. The van der Waals surface area contributed by atoms with E-state index < -0.39 is 0 Å². The van der Waals surface area contributed by atoms with Crippen LogP contribution in [0.4, 0.5) is 0 Å². The lowest BCUT2D eigenvalue weighted by Gasteiger charge is -2.28. The van der Waals surface area contributed by atoms with E-state index in [1.54, 1.807) is 0 Å². The average molecular weight is 196 g/mol. The Labute approximate surface area is 90.5 Å². The molecule has 3 unspecified atom stereocenters. The van der Waals surface area contributed by atoms with Crippen LogP contribution in [0.3, 0.4) is 0 Å². The van der Waals surface area contributed by atoms with Crippen LogP contribution in [-0.4, -0.2) is 0 Å². The van der Waals surface area contributed by atoms with Gasteiger partial charge in [-0.05, 0) is 24.2 Å². The fourth-order valence-electron chi connectivity index (χ4n) is 3.11. The summed E-state index contributed by atoms with van der Waals surface area (Å²) in [6.07, 6.45) is 11.7. The molecule has 0 aromatic heterocycles. The minimum Gasteiger partial charge on any atom is -0.0654 e. The van der Waals surface area contributed by atoms with Gasteiger partial charge in [0.1, 0.15) is 0 Å². The number of unbranched alkanes of at least 4 members (excludes halogenated alkanes) is 1. The summed E-state index contributed by atoms with van der Waals surface area (Å²) < 4.78 is 0. The van der Waals surface area contributed by atoms with Gasteiger partial charge < -0.3 is 0 Å². The minimum atomic E-state index is 0.975. The molecule has 0 spiro atoms. The van der Waals surface area contributed by atoms with E-state index >= 15 is 0 Å². The zero-order valence-electron chi connectivity index (χ0n) is 10.4. The van der Waals surface area contributed by atoms with Crippen LogP contribution in [0.15, 0.2) is 0 Å². The second-order valence-corrected chi connectivity index (χ2v) is 5.40. The summed E-state index contributed by atoms with van der Waals surface area (Å²) in [6, 6.07) is 0. The molecule has 0 heterocycles. The van der Waals surface area contributed by atoms with E-state index in [4.69, 9.17) is 0 Å². The van der Waals surface area contributed by atoms with Crippen molar-refractivity contribution in [1.29, 1.82) is 0 Å². The van der Waals surface area contributed by atoms with Crippen LogP contribution in [0.2, 0.25) is 0 Å². The van der Waals surface area contributed by atoms with Gasteiger partial charge in [-0.3, -0.25) is 0 Å². The number of hydrogen-bond donors (Lipinski definition) is 0. The van der Waals surface area contributed by atoms with Crippen molar-refractivity contribution in [2.75, 3.05) is 0 Å². The molecule has 0 amide bonds. The van der Waals surface area contributed by atoms with Crippen LogP contribution in [-0.2, 0) is 0 Å². The summed E-state index contributed by atoms with van der Waals surface area (Å²) in [4.78, 5) is 0. The predicted molar refractivity (Wildman–Crippen MR) is 64.4 cm³/mol. The molecular formula is C14H28. The van der Waals surface area contributed by atoms with Crippen LogP contribution in [0.5, 0.6) is 0 Å². The minimum absolute atomic E-state index is 0.975. The third kappa shape index (κ3) is 3.63. The Bertz CT molecular complexity index is 139. The van der Waals surface area contributed by atoms with Gasteiger partial charge in [-0.25, -0.2) is 0 Å². The quantitative estimate of drug-likeness (QED) is 0.553. The molecule has 0 nitrogen and oxygen atoms in total. The van der Waals surface area contributed by atoms with Crippen molar-refractivity contribution in [2.45, 2.75) is 72.1 Å². The highest BCUT2D eigenvalue weighted by atomic mass is 14.3. The smallest absolute Gasteiger partial charge is 0.0363 e. The molecule has 0 radical (unpaired) electrons. The summed E-state index contributed by atoms with van der Waals surface area (Å²) in [5.74, 6) is 3.00. The SMILES string of the molecule is CCCCC(C)C1CCCCCC1C. The molecule has 1 fully saturated rings. The van der Waals surface area contributed by atoms with Crippen molar-refractivity contribution in [2.24, 2.45) is 17.8 Å². The number of hydrogen-bond acceptors (Lipinski definition) is 0. The Kier molecular flexibility index (Phi) is 5.59. The molecule has 1 aliphatic carbocycles. The van der Waals surface area contributed by atoms with Gasteiger partial charge in [-0.1, -0.05) is 65.7 Å². The molecule has 0 saturated heterocycles. The maximum absolute atomic E-state index is 2.49. The Morgan fingerprint density at radius 3 is 2.57 bits per heavy atom. The van der Waals surface area contributed by atoms with Crippen LogP contribution in [0, 0.1) is 17.8 Å². The fourth-order valence-corrected chi connectivity index (χ4v) is 3.11. The van der Waals surface area contributed by atoms with Crippen molar-refractivity contribution in [1.82, 2.24) is 0 Å². The highest BCUT2D eigenvalue weighted by molar-refractivity contribution is 4.75. The Morgan fingerprint density at radius 2 is 1.86 bits per heavy atom. The van der Waals surface area contributed by atoms with E-state index in [-0.39, 0.29) is 0 Å². The zero-order valence-corrected chi connectivity index (χ0v) is 10.4. The zero-order chi connectivity index (χ0) is 10.4. The molecule has 84 valence electrons. The van der Waals surface area contributed by atoms with Crippen LogP contribution in [0.1, 0.15) is 72.1 Å². The lowest BCUT2D eigenvalue weighted by molar-refractivity contribution is 0.226. The molecule has 1 aliphatic rings. The van der Waals surface area contributed by atoms with Crippen LogP contribution in [0.25, 0.3) is 0 Å². The monoisotopic (exact) mass is 196 g/mol. The first-order chi connectivity index (χ1) is 6.75. The fraction of sp³-hybridized carbons (Fsp3) is 1.00. The van der Waals surface area contributed by atoms with Gasteiger partial charge in [0.05, 0.1) is 0 Å². The molecule has 14 heavy (non-hydrogen) atoms. The maximum Gasteiger partial charge on any atom is -0.0363 e. The van der Waals surface area contributed by atoms with Gasteiger partial charge in [-0.15, -0.1) is 0 Å². The molecule has 3 atom stereocenters. The van der Waals surface area contributed by atoms with E-state index in [1.165, 1.54) is 51.4 Å². The highest BCUT2D eigenvalue weighted by Gasteiger charge is 2.24. The first-order valence-electron chi connectivity index (χ1n) is 6.75. The standard InChI is InChI=1S/C14H28/c1-4-5-9-12(2)14-11-8-6-7-10-13(14)3/h12-14H,4-11H2,1-3H3. The molecule has 0 N–H and O–H groups in total. The maximum atomic E-state index is 2.49. The summed E-state index contributed by atoms with van der Waals surface area (Å²) in [5, 5.41) is 0. The van der Waals surface area contributed by atoms with Gasteiger partial charge >= 0.3 is 0 Å². The van der Waals surface area contributed by atoms with E-state index in [1.807, 2.05) is 0 Å². The molecular weight excluding hydrogens is 168 g/mol. The summed E-state index contributed by atoms with van der Waals surface area (Å²) in [5.41, 5.74) is 0. The molecule has 1 saturated carbocycles. The normalized spacial score (nSPS) is 31.1. The van der Waals surface area contributed by atoms with Gasteiger partial charge in [0.2, 0.25) is 0 Å². The van der Waals surface area contributed by atoms with E-state index in [0.717, 1.165) is 17.8 Å². The van der Waals surface area contributed by atoms with Gasteiger partial charge in [0, 0.05) is 0 Å². The summed E-state index contributed by atoms with van der Waals surface area (Å²) in [7, 11) is 0. The molecule has 0 aliphatic heterocycles. The Balaban J connectivity index is 2.37. The van der Waals surface area contributed by atoms with E-state index in [2.05, 4.69) is 20.8 Å². The molecule has 0 aromatic carbocycles. The number of rotatable bonds is 4. The lowest BCUT2D eigenvalue weighted by Crippen LogP contribution is -2.18. The Morgan fingerprint density at radius 1 is 1.14 bits per heavy atom. The first-order valence-corrected chi connectivity index (χ1v) is 6.75. The second kappa shape index (κ2) is 6.48.